The molecule has 3 heterocycles. The van der Waals surface area contributed by atoms with Crippen molar-refractivity contribution in [2.24, 2.45) is 0 Å². The molecule has 2 atom stereocenters. The molecule has 0 saturated carbocycles. The van der Waals surface area contributed by atoms with Crippen molar-refractivity contribution in [3.8, 4) is 0 Å². The summed E-state index contributed by atoms with van der Waals surface area (Å²) in [7, 11) is 0. The third-order valence-electron chi connectivity index (χ3n) is 4.48. The minimum absolute atomic E-state index is 0.00193. The first-order valence-electron chi connectivity index (χ1n) is 8.07. The topological polar surface area (TPSA) is 68.5 Å². The number of benzene rings is 1. The predicted molar refractivity (Wildman–Crippen MR) is 98.2 cm³/mol. The maximum Gasteiger partial charge on any atom is 0.278 e. The van der Waals surface area contributed by atoms with E-state index in [-0.39, 0.29) is 22.8 Å². The number of pyridine rings is 1. The van der Waals surface area contributed by atoms with E-state index in [0.29, 0.717) is 5.39 Å². The van der Waals surface area contributed by atoms with E-state index >= 15 is 0 Å². The molecule has 1 aliphatic heterocycles. The summed E-state index contributed by atoms with van der Waals surface area (Å²) >= 11 is 1.66. The molecule has 3 aromatic rings. The number of morpholine rings is 1. The summed E-state index contributed by atoms with van der Waals surface area (Å²) in [4.78, 5) is 17.3. The summed E-state index contributed by atoms with van der Waals surface area (Å²) < 4.78 is 6.10. The van der Waals surface area contributed by atoms with E-state index in [1.54, 1.807) is 29.8 Å². The number of nitro benzene ring substituents is 1. The smallest absolute Gasteiger partial charge is 0.278 e. The summed E-state index contributed by atoms with van der Waals surface area (Å²) in [6.07, 6.45) is 3.32. The fourth-order valence-electron chi connectivity index (χ4n) is 3.38. The van der Waals surface area contributed by atoms with E-state index < -0.39 is 0 Å². The van der Waals surface area contributed by atoms with Gasteiger partial charge in [0.2, 0.25) is 0 Å². The highest BCUT2D eigenvalue weighted by Crippen LogP contribution is 2.36. The van der Waals surface area contributed by atoms with Crippen molar-refractivity contribution in [1.29, 1.82) is 0 Å². The molecule has 2 unspecified atom stereocenters. The molecular formula is C18H17N3O3S. The number of fused-ring (bicyclic) bond motifs is 1. The average molecular weight is 355 g/mol. The molecule has 2 aromatic heterocycles. The van der Waals surface area contributed by atoms with Gasteiger partial charge in [0.05, 0.1) is 16.4 Å². The molecule has 1 aromatic carbocycles. The summed E-state index contributed by atoms with van der Waals surface area (Å²) in [6.45, 7) is 3.52. The number of non-ortho nitro benzene ring substituents is 1. The van der Waals surface area contributed by atoms with Crippen molar-refractivity contribution < 1.29 is 9.66 Å². The summed E-state index contributed by atoms with van der Waals surface area (Å²) in [5, 5.41) is 16.9. The Balaban J connectivity index is 1.76. The number of hydrogen-bond donors (Lipinski definition) is 0. The number of rotatable bonds is 3. The van der Waals surface area contributed by atoms with Crippen molar-refractivity contribution in [3.05, 3.63) is 63.1 Å². The Labute approximate surface area is 148 Å². The van der Waals surface area contributed by atoms with Crippen molar-refractivity contribution in [2.45, 2.75) is 19.1 Å². The Morgan fingerprint density at radius 3 is 2.92 bits per heavy atom. The monoisotopic (exact) mass is 355 g/mol. The minimum Gasteiger partial charge on any atom is -0.367 e. The molecule has 0 aliphatic carbocycles. The van der Waals surface area contributed by atoms with Crippen LogP contribution in [-0.2, 0) is 4.74 Å². The zero-order valence-corrected chi connectivity index (χ0v) is 14.5. The van der Waals surface area contributed by atoms with Gasteiger partial charge in [0.15, 0.2) is 0 Å². The summed E-state index contributed by atoms with van der Waals surface area (Å²) in [5.41, 5.74) is 2.25. The molecule has 0 bridgehead atoms. The van der Waals surface area contributed by atoms with Gasteiger partial charge in [0.25, 0.3) is 5.69 Å². The molecular weight excluding hydrogens is 338 g/mol. The second-order valence-corrected chi connectivity index (χ2v) is 6.96. The molecule has 6 nitrogen and oxygen atoms in total. The van der Waals surface area contributed by atoms with Gasteiger partial charge in [-0.2, -0.15) is 11.3 Å². The van der Waals surface area contributed by atoms with Crippen LogP contribution in [0.4, 0.5) is 11.4 Å². The third kappa shape index (κ3) is 2.96. The molecule has 1 aliphatic rings. The van der Waals surface area contributed by atoms with Crippen LogP contribution in [0.25, 0.3) is 10.8 Å². The Hall–Kier alpha value is -2.51. The Morgan fingerprint density at radius 2 is 2.16 bits per heavy atom. The minimum atomic E-state index is -0.357. The van der Waals surface area contributed by atoms with Gasteiger partial charge in [-0.3, -0.25) is 15.1 Å². The van der Waals surface area contributed by atoms with Gasteiger partial charge in [0, 0.05) is 42.6 Å². The number of anilines is 1. The number of aromatic nitrogens is 1. The maximum atomic E-state index is 11.3. The molecule has 0 radical (unpaired) electrons. The lowest BCUT2D eigenvalue weighted by molar-refractivity contribution is -0.383. The molecule has 25 heavy (non-hydrogen) atoms. The predicted octanol–water partition coefficient (Wildman–Crippen LogP) is 4.17. The normalized spacial score (nSPS) is 20.8. The Kier molecular flexibility index (Phi) is 4.10. The average Bonchev–Trinajstić information content (AvgIpc) is 3.15. The molecule has 0 amide bonds. The van der Waals surface area contributed by atoms with Crippen LogP contribution in [0, 0.1) is 10.1 Å². The van der Waals surface area contributed by atoms with Gasteiger partial charge in [-0.25, -0.2) is 0 Å². The van der Waals surface area contributed by atoms with E-state index in [4.69, 9.17) is 4.74 Å². The third-order valence-corrected chi connectivity index (χ3v) is 5.19. The lowest BCUT2D eigenvalue weighted by Gasteiger charge is -2.38. The maximum absolute atomic E-state index is 11.3. The van der Waals surface area contributed by atoms with E-state index in [1.165, 1.54) is 5.56 Å². The first-order chi connectivity index (χ1) is 12.1. The number of hydrogen-bond acceptors (Lipinski definition) is 6. The van der Waals surface area contributed by atoms with Crippen LogP contribution in [0.3, 0.4) is 0 Å². The van der Waals surface area contributed by atoms with Crippen LogP contribution >= 0.6 is 11.3 Å². The van der Waals surface area contributed by atoms with Crippen LogP contribution in [0.2, 0.25) is 0 Å². The number of thiophene rings is 1. The molecule has 0 N–H and O–H groups in total. The van der Waals surface area contributed by atoms with Crippen LogP contribution < -0.4 is 4.90 Å². The van der Waals surface area contributed by atoms with Crippen LogP contribution in [0.5, 0.6) is 0 Å². The SMILES string of the molecule is CC1CN(c2ccc([N+](=O)[O-])c3cnccc23)CC(c2ccsc2)O1. The zero-order chi connectivity index (χ0) is 17.4. The second kappa shape index (κ2) is 6.42. The number of nitro groups is 1. The van der Waals surface area contributed by atoms with Gasteiger partial charge < -0.3 is 9.64 Å². The Morgan fingerprint density at radius 1 is 1.28 bits per heavy atom. The molecule has 0 spiro atoms. The lowest BCUT2D eigenvalue weighted by Crippen LogP contribution is -2.42. The van der Waals surface area contributed by atoms with E-state index in [2.05, 4.69) is 33.6 Å². The second-order valence-electron chi connectivity index (χ2n) is 6.18. The molecule has 1 saturated heterocycles. The molecule has 1 fully saturated rings. The highest BCUT2D eigenvalue weighted by molar-refractivity contribution is 7.07. The van der Waals surface area contributed by atoms with Crippen LogP contribution in [0.1, 0.15) is 18.6 Å². The van der Waals surface area contributed by atoms with Crippen molar-refractivity contribution in [1.82, 2.24) is 4.98 Å². The fourth-order valence-corrected chi connectivity index (χ4v) is 4.09. The van der Waals surface area contributed by atoms with E-state index in [1.807, 2.05) is 12.1 Å². The van der Waals surface area contributed by atoms with Gasteiger partial charge in [-0.1, -0.05) is 0 Å². The Bertz CT molecular complexity index is 913. The summed E-state index contributed by atoms with van der Waals surface area (Å²) in [6, 6.07) is 7.34. The van der Waals surface area contributed by atoms with Crippen LogP contribution in [-0.4, -0.2) is 29.1 Å². The van der Waals surface area contributed by atoms with Gasteiger partial charge in [-0.05, 0) is 41.4 Å². The van der Waals surface area contributed by atoms with Gasteiger partial charge in [-0.15, -0.1) is 0 Å². The quantitative estimate of drug-likeness (QED) is 0.521. The molecule has 7 heteroatoms. The van der Waals surface area contributed by atoms with Gasteiger partial charge in [0.1, 0.15) is 6.10 Å². The zero-order valence-electron chi connectivity index (χ0n) is 13.7. The molecule has 128 valence electrons. The number of nitrogens with zero attached hydrogens (tertiary/aromatic N) is 3. The van der Waals surface area contributed by atoms with Gasteiger partial charge >= 0.3 is 0 Å². The molecule has 4 rings (SSSR count). The van der Waals surface area contributed by atoms with Crippen molar-refractivity contribution in [2.75, 3.05) is 18.0 Å². The summed E-state index contributed by atoms with van der Waals surface area (Å²) in [5.74, 6) is 0. The van der Waals surface area contributed by atoms with Crippen molar-refractivity contribution in [3.63, 3.8) is 0 Å². The highest BCUT2D eigenvalue weighted by Gasteiger charge is 2.28. The lowest BCUT2D eigenvalue weighted by atomic mass is 10.1. The standard InChI is InChI=1S/C18H17N3O3S/c1-12-9-20(10-18(24-12)13-5-7-25-11-13)16-2-3-17(21(22)23)15-8-19-6-4-14(15)16/h2-8,11-12,18H,9-10H2,1H3. The van der Waals surface area contributed by atoms with E-state index in [0.717, 1.165) is 24.2 Å². The first kappa shape index (κ1) is 16.0. The number of ether oxygens (including phenoxy) is 1. The highest BCUT2D eigenvalue weighted by atomic mass is 32.1. The fraction of sp³-hybridized carbons (Fsp3) is 0.278. The van der Waals surface area contributed by atoms with Crippen LogP contribution in [0.15, 0.2) is 47.4 Å². The largest absolute Gasteiger partial charge is 0.367 e. The first-order valence-corrected chi connectivity index (χ1v) is 9.01. The van der Waals surface area contributed by atoms with Crippen molar-refractivity contribution >= 4 is 33.5 Å². The van der Waals surface area contributed by atoms with E-state index in [9.17, 15) is 10.1 Å².